The van der Waals surface area contributed by atoms with E-state index < -0.39 is 0 Å². The molecule has 3 rings (SSSR count). The first kappa shape index (κ1) is 16.5. The fourth-order valence-electron chi connectivity index (χ4n) is 2.81. The molecule has 0 aromatic heterocycles. The van der Waals surface area contributed by atoms with Crippen molar-refractivity contribution < 1.29 is 4.79 Å². The van der Waals surface area contributed by atoms with Crippen LogP contribution in [0.4, 0.5) is 5.69 Å². The summed E-state index contributed by atoms with van der Waals surface area (Å²) >= 11 is 0. The van der Waals surface area contributed by atoms with Gasteiger partial charge in [0.15, 0.2) is 5.78 Å². The van der Waals surface area contributed by atoms with Gasteiger partial charge in [-0.3, -0.25) is 4.79 Å². The van der Waals surface area contributed by atoms with Crippen molar-refractivity contribution >= 4 is 11.5 Å². The van der Waals surface area contributed by atoms with Crippen LogP contribution >= 0.6 is 0 Å². The summed E-state index contributed by atoms with van der Waals surface area (Å²) in [5, 5.41) is 0. The standard InChI is InChI=1S/C22H25NO/c1-3-18(14-17(2)22(24)20-8-7-9-20)15-23(16-19-12-13-19)21-10-5-4-6-11-21/h3-6,10-11,14-16,20H,1,7-9,12-13H2,2H3/b17-14+,18-15-. The van der Waals surface area contributed by atoms with Crippen molar-refractivity contribution in [1.82, 2.24) is 0 Å². The number of Topliss-reactive ketones (excluding diaryl/α,β-unsaturated/α-hetero) is 1. The molecule has 2 heteroatoms. The van der Waals surface area contributed by atoms with Crippen LogP contribution in [0.25, 0.3) is 0 Å². The highest BCUT2D eigenvalue weighted by molar-refractivity contribution is 5.97. The van der Waals surface area contributed by atoms with E-state index in [9.17, 15) is 4.79 Å². The summed E-state index contributed by atoms with van der Waals surface area (Å²) in [7, 11) is 0. The van der Waals surface area contributed by atoms with E-state index in [1.54, 1.807) is 0 Å². The second-order valence-corrected chi connectivity index (χ2v) is 6.68. The number of ketones is 1. The van der Waals surface area contributed by atoms with Crippen LogP contribution in [0, 0.1) is 5.92 Å². The van der Waals surface area contributed by atoms with Crippen molar-refractivity contribution in [2.45, 2.75) is 39.0 Å². The summed E-state index contributed by atoms with van der Waals surface area (Å²) in [5.74, 6) is 0.534. The van der Waals surface area contributed by atoms with Crippen molar-refractivity contribution in [3.63, 3.8) is 0 Å². The minimum absolute atomic E-state index is 0.242. The molecule has 2 saturated carbocycles. The van der Waals surface area contributed by atoms with Crippen LogP contribution in [-0.2, 0) is 4.79 Å². The van der Waals surface area contributed by atoms with Crippen molar-refractivity contribution in [2.75, 3.05) is 4.90 Å². The Morgan fingerprint density at radius 1 is 1.21 bits per heavy atom. The molecule has 0 radical (unpaired) electrons. The number of hydrogen-bond donors (Lipinski definition) is 0. The molecule has 24 heavy (non-hydrogen) atoms. The Bertz CT molecular complexity index is 699. The van der Waals surface area contributed by atoms with Gasteiger partial charge in [0.2, 0.25) is 0 Å². The maximum absolute atomic E-state index is 12.4. The predicted molar refractivity (Wildman–Crippen MR) is 101 cm³/mol. The lowest BCUT2D eigenvalue weighted by Gasteiger charge is -2.24. The number of allylic oxidation sites excluding steroid dienone is 5. The van der Waals surface area contributed by atoms with Gasteiger partial charge in [-0.2, -0.15) is 0 Å². The smallest absolute Gasteiger partial charge is 0.161 e. The van der Waals surface area contributed by atoms with E-state index in [0.717, 1.165) is 29.7 Å². The van der Waals surface area contributed by atoms with Gasteiger partial charge in [0.1, 0.15) is 0 Å². The molecule has 0 amide bonds. The molecule has 2 aliphatic rings. The Morgan fingerprint density at radius 2 is 1.92 bits per heavy atom. The number of benzene rings is 1. The average molecular weight is 319 g/mol. The molecular formula is C22H25NO. The molecule has 0 atom stereocenters. The SMILES string of the molecule is C=CC(=C/N(C=C1CC1)c1ccccc1)/C=C(\C)C(=O)C1CCC1. The fraction of sp³-hybridized carbons (Fsp3) is 0.318. The third kappa shape index (κ3) is 4.14. The third-order valence-electron chi connectivity index (χ3n) is 4.69. The summed E-state index contributed by atoms with van der Waals surface area (Å²) in [5.41, 5.74) is 4.36. The summed E-state index contributed by atoms with van der Waals surface area (Å²) in [6.07, 6.45) is 13.7. The highest BCUT2D eigenvalue weighted by Crippen LogP contribution is 2.31. The maximum atomic E-state index is 12.4. The minimum Gasteiger partial charge on any atom is -0.323 e. The third-order valence-corrected chi connectivity index (χ3v) is 4.69. The lowest BCUT2D eigenvalue weighted by atomic mass is 9.80. The molecule has 1 aromatic rings. The molecule has 2 fully saturated rings. The number of anilines is 1. The van der Waals surface area contributed by atoms with Gasteiger partial charge in [-0.05, 0) is 62.0 Å². The number of carbonyl (C=O) groups is 1. The Kier molecular flexibility index (Phi) is 5.14. The molecular weight excluding hydrogens is 294 g/mol. The normalized spacial score (nSPS) is 18.0. The monoisotopic (exact) mass is 319 g/mol. The second kappa shape index (κ2) is 7.48. The zero-order chi connectivity index (χ0) is 16.9. The Hall–Kier alpha value is -2.35. The van der Waals surface area contributed by atoms with Gasteiger partial charge in [0.25, 0.3) is 0 Å². The molecule has 2 nitrogen and oxygen atoms in total. The topological polar surface area (TPSA) is 20.3 Å². The molecule has 0 aliphatic heterocycles. The number of carbonyl (C=O) groups excluding carboxylic acids is 1. The van der Waals surface area contributed by atoms with Gasteiger partial charge in [-0.25, -0.2) is 0 Å². The van der Waals surface area contributed by atoms with Gasteiger partial charge in [-0.15, -0.1) is 0 Å². The van der Waals surface area contributed by atoms with Crippen LogP contribution < -0.4 is 4.90 Å². The summed E-state index contributed by atoms with van der Waals surface area (Å²) in [6, 6.07) is 10.3. The average Bonchev–Trinajstić information content (AvgIpc) is 3.36. The van der Waals surface area contributed by atoms with Crippen molar-refractivity contribution in [3.8, 4) is 0 Å². The Balaban J connectivity index is 1.84. The Morgan fingerprint density at radius 3 is 2.46 bits per heavy atom. The highest BCUT2D eigenvalue weighted by Gasteiger charge is 2.25. The van der Waals surface area contributed by atoms with E-state index in [0.29, 0.717) is 5.78 Å². The van der Waals surface area contributed by atoms with Crippen LogP contribution in [0.3, 0.4) is 0 Å². The van der Waals surface area contributed by atoms with Gasteiger partial charge in [0, 0.05) is 24.0 Å². The molecule has 0 unspecified atom stereocenters. The van der Waals surface area contributed by atoms with E-state index >= 15 is 0 Å². The zero-order valence-electron chi connectivity index (χ0n) is 14.4. The van der Waals surface area contributed by atoms with Crippen LogP contribution in [0.2, 0.25) is 0 Å². The molecule has 1 aromatic carbocycles. The van der Waals surface area contributed by atoms with Crippen molar-refractivity contribution in [1.29, 1.82) is 0 Å². The van der Waals surface area contributed by atoms with E-state index in [4.69, 9.17) is 0 Å². The summed E-state index contributed by atoms with van der Waals surface area (Å²) in [6.45, 7) is 5.84. The first-order chi connectivity index (χ1) is 11.7. The van der Waals surface area contributed by atoms with Gasteiger partial charge < -0.3 is 4.90 Å². The second-order valence-electron chi connectivity index (χ2n) is 6.68. The van der Waals surface area contributed by atoms with E-state index in [2.05, 4.69) is 36.0 Å². The summed E-state index contributed by atoms with van der Waals surface area (Å²) < 4.78 is 0. The first-order valence-corrected chi connectivity index (χ1v) is 8.77. The zero-order valence-corrected chi connectivity index (χ0v) is 14.4. The van der Waals surface area contributed by atoms with Gasteiger partial charge in [-0.1, -0.05) is 42.8 Å². The Labute approximate surface area is 144 Å². The van der Waals surface area contributed by atoms with Crippen molar-refractivity contribution in [2.24, 2.45) is 5.92 Å². The van der Waals surface area contributed by atoms with Gasteiger partial charge in [0.05, 0.1) is 0 Å². The molecule has 0 saturated heterocycles. The van der Waals surface area contributed by atoms with Gasteiger partial charge >= 0.3 is 0 Å². The quantitative estimate of drug-likeness (QED) is 0.484. The van der Waals surface area contributed by atoms with Crippen molar-refractivity contribution in [3.05, 3.63) is 78.2 Å². The lowest BCUT2D eigenvalue weighted by molar-refractivity contribution is -0.121. The molecule has 0 heterocycles. The molecule has 0 spiro atoms. The molecule has 0 N–H and O–H groups in total. The van der Waals surface area contributed by atoms with E-state index in [-0.39, 0.29) is 5.92 Å². The van der Waals surface area contributed by atoms with Crippen LogP contribution in [-0.4, -0.2) is 5.78 Å². The fourth-order valence-corrected chi connectivity index (χ4v) is 2.81. The molecule has 124 valence electrons. The lowest BCUT2D eigenvalue weighted by Crippen LogP contribution is -2.22. The first-order valence-electron chi connectivity index (χ1n) is 8.77. The minimum atomic E-state index is 0.242. The van der Waals surface area contributed by atoms with E-state index in [1.165, 1.54) is 24.8 Å². The number of nitrogens with zero attached hydrogens (tertiary/aromatic N) is 1. The maximum Gasteiger partial charge on any atom is 0.161 e. The van der Waals surface area contributed by atoms with Crippen LogP contribution in [0.1, 0.15) is 39.0 Å². The predicted octanol–water partition coefficient (Wildman–Crippen LogP) is 5.56. The number of hydrogen-bond acceptors (Lipinski definition) is 2. The van der Waals surface area contributed by atoms with Crippen LogP contribution in [0.15, 0.2) is 78.2 Å². The number of rotatable bonds is 7. The van der Waals surface area contributed by atoms with Crippen LogP contribution in [0.5, 0.6) is 0 Å². The van der Waals surface area contributed by atoms with E-state index in [1.807, 2.05) is 37.3 Å². The number of para-hydroxylation sites is 1. The highest BCUT2D eigenvalue weighted by atomic mass is 16.1. The largest absolute Gasteiger partial charge is 0.323 e. The summed E-state index contributed by atoms with van der Waals surface area (Å²) in [4.78, 5) is 14.5. The molecule has 0 bridgehead atoms. The molecule has 2 aliphatic carbocycles.